The summed E-state index contributed by atoms with van der Waals surface area (Å²) in [7, 11) is 0. The molecule has 1 unspecified atom stereocenters. The highest BCUT2D eigenvalue weighted by molar-refractivity contribution is 7.21. The normalized spacial score (nSPS) is 19.0. The molecule has 8 heteroatoms. The zero-order chi connectivity index (χ0) is 21.2. The van der Waals surface area contributed by atoms with E-state index in [1.807, 2.05) is 47.4 Å². The molecule has 31 heavy (non-hydrogen) atoms. The van der Waals surface area contributed by atoms with Crippen molar-refractivity contribution in [3.63, 3.8) is 0 Å². The molecule has 7 nitrogen and oxygen atoms in total. The minimum Gasteiger partial charge on any atom is -0.368 e. The first-order valence-corrected chi connectivity index (χ1v) is 11.4. The van der Waals surface area contributed by atoms with E-state index in [4.69, 9.17) is 9.72 Å². The number of benzene rings is 2. The molecule has 2 aliphatic rings. The number of fused-ring (bicyclic) bond motifs is 1. The summed E-state index contributed by atoms with van der Waals surface area (Å²) in [4.78, 5) is 33.7. The Labute approximate surface area is 184 Å². The van der Waals surface area contributed by atoms with Gasteiger partial charge in [-0.25, -0.2) is 9.78 Å². The third-order valence-electron chi connectivity index (χ3n) is 5.78. The quantitative estimate of drug-likeness (QED) is 0.677. The van der Waals surface area contributed by atoms with Crippen molar-refractivity contribution >= 4 is 39.2 Å². The summed E-state index contributed by atoms with van der Waals surface area (Å²) in [6.07, 6.45) is 1.43. The Morgan fingerprint density at radius 3 is 2.52 bits per heavy atom. The SMILES string of the molecule is O=C(Nc1ccccc1-c1nc2ccccc2s1)N1CCN(C(=O)C2CCCO2)CC1. The van der Waals surface area contributed by atoms with Crippen LogP contribution in [0.4, 0.5) is 10.5 Å². The molecule has 5 rings (SSSR count). The van der Waals surface area contributed by atoms with Gasteiger partial charge in [0.1, 0.15) is 11.1 Å². The Morgan fingerprint density at radius 2 is 1.74 bits per heavy atom. The van der Waals surface area contributed by atoms with Gasteiger partial charge >= 0.3 is 6.03 Å². The zero-order valence-electron chi connectivity index (χ0n) is 17.1. The van der Waals surface area contributed by atoms with E-state index in [2.05, 4.69) is 11.4 Å². The van der Waals surface area contributed by atoms with Gasteiger partial charge in [-0.2, -0.15) is 0 Å². The molecule has 0 radical (unpaired) electrons. The Kier molecular flexibility index (Phi) is 5.57. The van der Waals surface area contributed by atoms with Crippen LogP contribution in [0, 0.1) is 0 Å². The van der Waals surface area contributed by atoms with Gasteiger partial charge in [0.05, 0.1) is 15.9 Å². The Hall–Kier alpha value is -2.97. The van der Waals surface area contributed by atoms with Crippen LogP contribution in [0.5, 0.6) is 0 Å². The summed E-state index contributed by atoms with van der Waals surface area (Å²) in [6.45, 7) is 2.74. The molecular formula is C23H24N4O3S. The highest BCUT2D eigenvalue weighted by Gasteiger charge is 2.31. The van der Waals surface area contributed by atoms with Crippen LogP contribution in [0.15, 0.2) is 48.5 Å². The average molecular weight is 437 g/mol. The van der Waals surface area contributed by atoms with Gasteiger partial charge in [0.25, 0.3) is 5.91 Å². The third-order valence-corrected chi connectivity index (χ3v) is 6.85. The van der Waals surface area contributed by atoms with Gasteiger partial charge in [-0.1, -0.05) is 24.3 Å². The van der Waals surface area contributed by atoms with Crippen LogP contribution < -0.4 is 5.32 Å². The van der Waals surface area contributed by atoms with E-state index < -0.39 is 0 Å². The fraction of sp³-hybridized carbons (Fsp3) is 0.348. The lowest BCUT2D eigenvalue weighted by molar-refractivity contribution is -0.142. The fourth-order valence-electron chi connectivity index (χ4n) is 4.07. The number of nitrogens with zero attached hydrogens (tertiary/aromatic N) is 3. The number of aromatic nitrogens is 1. The van der Waals surface area contributed by atoms with E-state index in [9.17, 15) is 9.59 Å². The molecule has 160 valence electrons. The van der Waals surface area contributed by atoms with Crippen molar-refractivity contribution in [2.45, 2.75) is 18.9 Å². The summed E-state index contributed by atoms with van der Waals surface area (Å²) < 4.78 is 6.63. The number of amides is 3. The molecule has 1 aromatic heterocycles. The van der Waals surface area contributed by atoms with Crippen LogP contribution in [0.1, 0.15) is 12.8 Å². The molecule has 0 aliphatic carbocycles. The van der Waals surface area contributed by atoms with E-state index in [1.165, 1.54) is 0 Å². The lowest BCUT2D eigenvalue weighted by Crippen LogP contribution is -2.53. The first-order chi connectivity index (χ1) is 15.2. The number of hydrogen-bond donors (Lipinski definition) is 1. The van der Waals surface area contributed by atoms with E-state index in [0.29, 0.717) is 32.8 Å². The van der Waals surface area contributed by atoms with Gasteiger partial charge in [0.15, 0.2) is 0 Å². The number of nitrogens with one attached hydrogen (secondary N) is 1. The number of rotatable bonds is 3. The molecule has 1 N–H and O–H groups in total. The zero-order valence-corrected chi connectivity index (χ0v) is 17.9. The predicted octanol–water partition coefficient (Wildman–Crippen LogP) is 3.82. The van der Waals surface area contributed by atoms with Gasteiger partial charge in [-0.15, -0.1) is 11.3 Å². The molecule has 2 fully saturated rings. The maximum atomic E-state index is 12.9. The maximum Gasteiger partial charge on any atom is 0.321 e. The number of carbonyl (C=O) groups excluding carboxylic acids is 2. The molecule has 0 bridgehead atoms. The number of urea groups is 1. The summed E-state index contributed by atoms with van der Waals surface area (Å²) in [5.41, 5.74) is 2.60. The highest BCUT2D eigenvalue weighted by atomic mass is 32.1. The van der Waals surface area contributed by atoms with Crippen molar-refractivity contribution in [3.05, 3.63) is 48.5 Å². The van der Waals surface area contributed by atoms with Gasteiger partial charge in [-0.3, -0.25) is 4.79 Å². The van der Waals surface area contributed by atoms with Crippen LogP contribution in [0.25, 0.3) is 20.8 Å². The van der Waals surface area contributed by atoms with Crippen molar-refractivity contribution in [3.8, 4) is 10.6 Å². The van der Waals surface area contributed by atoms with Crippen molar-refractivity contribution in [2.24, 2.45) is 0 Å². The van der Waals surface area contributed by atoms with E-state index in [-0.39, 0.29) is 18.0 Å². The number of thiazole rings is 1. The van der Waals surface area contributed by atoms with Crippen molar-refractivity contribution < 1.29 is 14.3 Å². The smallest absolute Gasteiger partial charge is 0.321 e. The van der Waals surface area contributed by atoms with E-state index in [1.54, 1.807) is 16.2 Å². The molecule has 2 aromatic carbocycles. The van der Waals surface area contributed by atoms with Crippen LogP contribution in [0.3, 0.4) is 0 Å². The lowest BCUT2D eigenvalue weighted by Gasteiger charge is -2.35. The first-order valence-electron chi connectivity index (χ1n) is 10.6. The molecule has 0 spiro atoms. The number of carbonyl (C=O) groups is 2. The largest absolute Gasteiger partial charge is 0.368 e. The number of para-hydroxylation sites is 2. The number of ether oxygens (including phenoxy) is 1. The van der Waals surface area contributed by atoms with E-state index >= 15 is 0 Å². The van der Waals surface area contributed by atoms with Gasteiger partial charge in [0, 0.05) is 38.3 Å². The van der Waals surface area contributed by atoms with Gasteiger partial charge in [0.2, 0.25) is 0 Å². The number of hydrogen-bond acceptors (Lipinski definition) is 5. The second-order valence-corrected chi connectivity index (χ2v) is 8.81. The summed E-state index contributed by atoms with van der Waals surface area (Å²) in [5.74, 6) is 0.0544. The predicted molar refractivity (Wildman–Crippen MR) is 121 cm³/mol. The minimum absolute atomic E-state index is 0.0544. The topological polar surface area (TPSA) is 74.8 Å². The molecular weight excluding hydrogens is 412 g/mol. The Morgan fingerprint density at radius 1 is 1.00 bits per heavy atom. The average Bonchev–Trinajstić information content (AvgIpc) is 3.49. The second kappa shape index (κ2) is 8.64. The minimum atomic E-state index is -0.305. The van der Waals surface area contributed by atoms with Gasteiger partial charge in [-0.05, 0) is 37.1 Å². The summed E-state index contributed by atoms with van der Waals surface area (Å²) in [5, 5.41) is 3.93. The van der Waals surface area contributed by atoms with Crippen molar-refractivity contribution in [1.82, 2.24) is 14.8 Å². The number of anilines is 1. The Bertz CT molecular complexity index is 1070. The molecule has 3 amide bonds. The van der Waals surface area contributed by atoms with Crippen molar-refractivity contribution in [1.29, 1.82) is 0 Å². The molecule has 0 saturated carbocycles. The lowest BCUT2D eigenvalue weighted by atomic mass is 10.2. The third kappa shape index (κ3) is 4.13. The molecule has 1 atom stereocenters. The fourth-order valence-corrected chi connectivity index (χ4v) is 5.07. The molecule has 3 aromatic rings. The van der Waals surface area contributed by atoms with Gasteiger partial charge < -0.3 is 19.9 Å². The second-order valence-electron chi connectivity index (χ2n) is 7.78. The molecule has 3 heterocycles. The molecule has 2 saturated heterocycles. The Balaban J connectivity index is 1.26. The van der Waals surface area contributed by atoms with Crippen LogP contribution in [-0.2, 0) is 9.53 Å². The van der Waals surface area contributed by atoms with Crippen LogP contribution in [0.2, 0.25) is 0 Å². The van der Waals surface area contributed by atoms with Crippen molar-refractivity contribution in [2.75, 3.05) is 38.1 Å². The van der Waals surface area contributed by atoms with E-state index in [0.717, 1.165) is 39.3 Å². The highest BCUT2D eigenvalue weighted by Crippen LogP contribution is 2.34. The first kappa shape index (κ1) is 20.0. The van der Waals surface area contributed by atoms with Crippen LogP contribution in [-0.4, -0.2) is 65.6 Å². The summed E-state index contributed by atoms with van der Waals surface area (Å²) in [6, 6.07) is 15.6. The molecule has 2 aliphatic heterocycles. The summed E-state index contributed by atoms with van der Waals surface area (Å²) >= 11 is 1.61. The van der Waals surface area contributed by atoms with Crippen LogP contribution >= 0.6 is 11.3 Å². The standard InChI is InChI=1S/C23H24N4O3S/c28-22(19-9-5-15-30-19)26-11-13-27(14-12-26)23(29)25-17-7-2-1-6-16(17)21-24-18-8-3-4-10-20(18)31-21/h1-4,6-8,10,19H,5,9,11-15H2,(H,25,29). The maximum absolute atomic E-state index is 12.9. The monoisotopic (exact) mass is 436 g/mol. The number of piperazine rings is 1.